The molecule has 2 atom stereocenters. The van der Waals surface area contributed by atoms with Gasteiger partial charge in [-0.05, 0) is 67.1 Å². The molecule has 4 rings (SSSR count). The van der Waals surface area contributed by atoms with Crippen molar-refractivity contribution in [2.75, 3.05) is 18.4 Å². The van der Waals surface area contributed by atoms with E-state index in [2.05, 4.69) is 33.0 Å². The third-order valence-electron chi connectivity index (χ3n) is 6.91. The molecule has 1 aliphatic heterocycles. The fraction of sp³-hybridized carbons (Fsp3) is 0.538. The summed E-state index contributed by atoms with van der Waals surface area (Å²) in [5.41, 5.74) is 2.79. The summed E-state index contributed by atoms with van der Waals surface area (Å²) in [6.45, 7) is 10.7. The van der Waals surface area contributed by atoms with Crippen LogP contribution in [0.1, 0.15) is 78.1 Å². The van der Waals surface area contributed by atoms with E-state index < -0.39 is 0 Å². The van der Waals surface area contributed by atoms with Crippen LogP contribution >= 0.6 is 11.3 Å². The zero-order valence-electron chi connectivity index (χ0n) is 19.2. The van der Waals surface area contributed by atoms with E-state index in [1.54, 1.807) is 11.3 Å². The molecule has 1 aromatic heterocycles. The second-order valence-electron chi connectivity index (χ2n) is 10.3. The first-order chi connectivity index (χ1) is 14.7. The van der Waals surface area contributed by atoms with E-state index in [9.17, 15) is 9.59 Å². The molecule has 1 N–H and O–H groups in total. The maximum atomic E-state index is 13.7. The Labute approximate surface area is 190 Å². The summed E-state index contributed by atoms with van der Waals surface area (Å²) < 4.78 is 0. The molecular weight excluding hydrogens is 404 g/mol. The van der Waals surface area contributed by atoms with Crippen molar-refractivity contribution in [2.45, 2.75) is 59.8 Å². The number of piperidine rings is 1. The van der Waals surface area contributed by atoms with Gasteiger partial charge < -0.3 is 10.2 Å². The van der Waals surface area contributed by atoms with Crippen LogP contribution < -0.4 is 5.32 Å². The number of carbonyl (C=O) groups excluding carboxylic acids is 2. The first-order valence-electron chi connectivity index (χ1n) is 11.5. The predicted octanol–water partition coefficient (Wildman–Crippen LogP) is 6.02. The van der Waals surface area contributed by atoms with Gasteiger partial charge in [-0.15, -0.1) is 11.3 Å². The number of nitrogens with one attached hydrogen (secondary N) is 1. The number of hydrogen-bond donors (Lipinski definition) is 1. The number of fused-ring (bicyclic) bond motifs is 1. The summed E-state index contributed by atoms with van der Waals surface area (Å²) in [6.07, 6.45) is 5.23. The quantitative estimate of drug-likeness (QED) is 0.637. The number of hydrogen-bond acceptors (Lipinski definition) is 3. The van der Waals surface area contributed by atoms with Gasteiger partial charge in [0.05, 0.1) is 5.56 Å². The van der Waals surface area contributed by atoms with Crippen molar-refractivity contribution in [1.82, 2.24) is 4.90 Å². The summed E-state index contributed by atoms with van der Waals surface area (Å²) in [4.78, 5) is 29.9. The Hall–Kier alpha value is -2.14. The zero-order chi connectivity index (χ0) is 22.2. The molecule has 2 amide bonds. The van der Waals surface area contributed by atoms with Crippen molar-refractivity contribution in [2.24, 2.45) is 17.3 Å². The number of thiophene rings is 1. The highest BCUT2D eigenvalue weighted by Gasteiger charge is 2.35. The fourth-order valence-electron chi connectivity index (χ4n) is 4.94. The molecule has 1 aromatic carbocycles. The van der Waals surface area contributed by atoms with Gasteiger partial charge in [0, 0.05) is 23.5 Å². The molecule has 5 heteroatoms. The average Bonchev–Trinajstić information content (AvgIpc) is 3.10. The molecule has 1 aliphatic carbocycles. The molecule has 166 valence electrons. The SMILES string of the molecule is C[C@@H]1CCCN(C(=O)c2c(NC(=O)c3ccccc3)sc3c2CC[C@H](C(C)(C)C)C3)C1. The molecule has 2 heterocycles. The number of likely N-dealkylation sites (tertiary alicyclic amines) is 1. The summed E-state index contributed by atoms with van der Waals surface area (Å²) in [5.74, 6) is 1.07. The number of anilines is 1. The lowest BCUT2D eigenvalue weighted by atomic mass is 9.72. The average molecular weight is 439 g/mol. The molecule has 0 unspecified atom stereocenters. The lowest BCUT2D eigenvalue weighted by molar-refractivity contribution is 0.0683. The third kappa shape index (κ3) is 4.72. The molecule has 4 nitrogen and oxygen atoms in total. The number of benzene rings is 1. The van der Waals surface area contributed by atoms with E-state index >= 15 is 0 Å². The molecule has 2 aromatic rings. The number of nitrogens with zero attached hydrogens (tertiary/aromatic N) is 1. The molecule has 2 aliphatic rings. The maximum Gasteiger partial charge on any atom is 0.257 e. The molecule has 0 radical (unpaired) electrons. The summed E-state index contributed by atoms with van der Waals surface area (Å²) in [7, 11) is 0. The van der Waals surface area contributed by atoms with Crippen LogP contribution in [0.25, 0.3) is 0 Å². The van der Waals surface area contributed by atoms with Crippen LogP contribution in [0, 0.1) is 17.3 Å². The molecular formula is C26H34N2O2S. The van der Waals surface area contributed by atoms with Crippen LogP contribution in [-0.2, 0) is 12.8 Å². The van der Waals surface area contributed by atoms with Gasteiger partial charge >= 0.3 is 0 Å². The van der Waals surface area contributed by atoms with E-state index in [0.29, 0.717) is 17.4 Å². The Morgan fingerprint density at radius 3 is 2.55 bits per heavy atom. The Kier molecular flexibility index (Phi) is 6.25. The normalized spacial score (nSPS) is 21.5. The standard InChI is InChI=1S/C26H34N2O2S/c1-17-9-8-14-28(16-17)25(30)22-20-13-12-19(26(2,3)4)15-21(20)31-24(22)27-23(29)18-10-6-5-7-11-18/h5-7,10-11,17,19H,8-9,12-16H2,1-4H3,(H,27,29)/t17-,19+/m1/s1. The maximum absolute atomic E-state index is 13.7. The van der Waals surface area contributed by atoms with Gasteiger partial charge in [0.1, 0.15) is 5.00 Å². The van der Waals surface area contributed by atoms with Crippen LogP contribution in [0.15, 0.2) is 30.3 Å². The summed E-state index contributed by atoms with van der Waals surface area (Å²) in [6, 6.07) is 9.26. The summed E-state index contributed by atoms with van der Waals surface area (Å²) in [5, 5.41) is 3.83. The van der Waals surface area contributed by atoms with Crippen molar-refractivity contribution in [3.05, 3.63) is 51.9 Å². The number of carbonyl (C=O) groups is 2. The Balaban J connectivity index is 1.68. The highest BCUT2D eigenvalue weighted by molar-refractivity contribution is 7.17. The van der Waals surface area contributed by atoms with Crippen molar-refractivity contribution in [3.8, 4) is 0 Å². The minimum Gasteiger partial charge on any atom is -0.338 e. The van der Waals surface area contributed by atoms with Crippen LogP contribution in [0.4, 0.5) is 5.00 Å². The topological polar surface area (TPSA) is 49.4 Å². The monoisotopic (exact) mass is 438 g/mol. The lowest BCUT2D eigenvalue weighted by Gasteiger charge is -2.34. The van der Waals surface area contributed by atoms with Gasteiger partial charge in [0.25, 0.3) is 11.8 Å². The van der Waals surface area contributed by atoms with Crippen molar-refractivity contribution >= 4 is 28.2 Å². The highest BCUT2D eigenvalue weighted by atomic mass is 32.1. The summed E-state index contributed by atoms with van der Waals surface area (Å²) >= 11 is 1.62. The molecule has 31 heavy (non-hydrogen) atoms. The molecule has 0 spiro atoms. The van der Waals surface area contributed by atoms with E-state index in [1.165, 1.54) is 16.9 Å². The van der Waals surface area contributed by atoms with Crippen LogP contribution in [0.5, 0.6) is 0 Å². The smallest absolute Gasteiger partial charge is 0.257 e. The largest absolute Gasteiger partial charge is 0.338 e. The van der Waals surface area contributed by atoms with Crippen molar-refractivity contribution in [3.63, 3.8) is 0 Å². The minimum absolute atomic E-state index is 0.0987. The van der Waals surface area contributed by atoms with E-state index in [-0.39, 0.29) is 17.2 Å². The molecule has 0 saturated carbocycles. The van der Waals surface area contributed by atoms with Crippen LogP contribution in [0.2, 0.25) is 0 Å². The van der Waals surface area contributed by atoms with Gasteiger partial charge in [-0.2, -0.15) is 0 Å². The highest BCUT2D eigenvalue weighted by Crippen LogP contribution is 2.45. The predicted molar refractivity (Wildman–Crippen MR) is 128 cm³/mol. The Morgan fingerprint density at radius 2 is 1.87 bits per heavy atom. The zero-order valence-corrected chi connectivity index (χ0v) is 20.0. The molecule has 1 fully saturated rings. The van der Waals surface area contributed by atoms with Crippen molar-refractivity contribution in [1.29, 1.82) is 0 Å². The number of rotatable bonds is 3. The van der Waals surface area contributed by atoms with Gasteiger partial charge in [0.2, 0.25) is 0 Å². The Morgan fingerprint density at radius 1 is 1.13 bits per heavy atom. The Bertz CT molecular complexity index is 958. The van der Waals surface area contributed by atoms with E-state index in [1.807, 2.05) is 35.2 Å². The van der Waals surface area contributed by atoms with Crippen molar-refractivity contribution < 1.29 is 9.59 Å². The third-order valence-corrected chi connectivity index (χ3v) is 8.08. The first-order valence-corrected chi connectivity index (χ1v) is 12.4. The van der Waals surface area contributed by atoms with Gasteiger partial charge in [-0.25, -0.2) is 0 Å². The lowest BCUT2D eigenvalue weighted by Crippen LogP contribution is -2.39. The van der Waals surface area contributed by atoms with Gasteiger partial charge in [-0.3, -0.25) is 9.59 Å². The first kappa shape index (κ1) is 22.1. The van der Waals surface area contributed by atoms with E-state index in [0.717, 1.165) is 49.3 Å². The molecule has 0 bridgehead atoms. The van der Waals surface area contributed by atoms with Gasteiger partial charge in [-0.1, -0.05) is 45.9 Å². The number of amides is 2. The second-order valence-corrected chi connectivity index (χ2v) is 11.4. The van der Waals surface area contributed by atoms with Crippen LogP contribution in [-0.4, -0.2) is 29.8 Å². The van der Waals surface area contributed by atoms with Crippen LogP contribution in [0.3, 0.4) is 0 Å². The minimum atomic E-state index is -0.146. The van der Waals surface area contributed by atoms with Gasteiger partial charge in [0.15, 0.2) is 0 Å². The van der Waals surface area contributed by atoms with E-state index in [4.69, 9.17) is 0 Å². The second kappa shape index (κ2) is 8.78. The fourth-order valence-corrected chi connectivity index (χ4v) is 6.25. The molecule has 1 saturated heterocycles.